The molecule has 0 amide bonds. The van der Waals surface area contributed by atoms with Crippen molar-refractivity contribution >= 4 is 16.0 Å². The molecule has 0 heterocycles. The maximum atomic E-state index is 10.6. The normalized spacial score (nSPS) is 13.1. The lowest BCUT2D eigenvalue weighted by molar-refractivity contribution is 0.597. The Kier molecular flexibility index (Phi) is 5.43. The van der Waals surface area contributed by atoms with E-state index in [0.717, 1.165) is 0 Å². The third kappa shape index (κ3) is 7.77. The lowest BCUT2D eigenvalue weighted by atomic mass is 10.4. The molecule has 0 spiro atoms. The van der Waals surface area contributed by atoms with Crippen LogP contribution in [0.25, 0.3) is 0 Å². The van der Waals surface area contributed by atoms with E-state index in [2.05, 4.69) is 15.7 Å². The van der Waals surface area contributed by atoms with Gasteiger partial charge in [-0.2, -0.15) is 0 Å². The molecule has 0 atom stereocenters. The molecule has 0 bridgehead atoms. The molecule has 7 nitrogen and oxygen atoms in total. The Hall–Kier alpha value is -0.860. The van der Waals surface area contributed by atoms with Gasteiger partial charge in [0.25, 0.3) is 0 Å². The number of nitrogens with two attached hydrogens (primary N) is 2. The van der Waals surface area contributed by atoms with Gasteiger partial charge in [-0.1, -0.05) is 0 Å². The molecule has 0 aromatic rings. The lowest BCUT2D eigenvalue weighted by Gasteiger charge is -2.11. The second kappa shape index (κ2) is 5.78. The van der Waals surface area contributed by atoms with E-state index < -0.39 is 10.0 Å². The molecule has 0 aliphatic rings. The van der Waals surface area contributed by atoms with E-state index in [0.29, 0.717) is 5.96 Å². The van der Waals surface area contributed by atoms with E-state index in [-0.39, 0.29) is 18.3 Å². The maximum absolute atomic E-state index is 10.6. The standard InChI is InChI=1S/C6H17N5O2S/c1-5(2)10-6(11-7)9-3-4-14(8,12)13/h5H,3-4,7H2,1-2H3,(H2,8,12,13)(H2,9,10,11). The Morgan fingerprint density at radius 2 is 2.07 bits per heavy atom. The van der Waals surface area contributed by atoms with Crippen molar-refractivity contribution in [2.45, 2.75) is 19.9 Å². The Morgan fingerprint density at radius 1 is 1.50 bits per heavy atom. The van der Waals surface area contributed by atoms with E-state index >= 15 is 0 Å². The first-order valence-electron chi connectivity index (χ1n) is 4.13. The topological polar surface area (TPSA) is 123 Å². The minimum Gasteiger partial charge on any atom is -0.353 e. The molecule has 0 aromatic heterocycles. The first-order chi connectivity index (χ1) is 6.35. The highest BCUT2D eigenvalue weighted by molar-refractivity contribution is 7.89. The minimum atomic E-state index is -3.46. The number of rotatable bonds is 4. The van der Waals surface area contributed by atoms with E-state index in [1.165, 1.54) is 0 Å². The van der Waals surface area contributed by atoms with Gasteiger partial charge in [0.05, 0.1) is 12.3 Å². The van der Waals surface area contributed by atoms with E-state index in [4.69, 9.17) is 11.0 Å². The molecular weight excluding hydrogens is 206 g/mol. The van der Waals surface area contributed by atoms with Crippen LogP contribution in [0.2, 0.25) is 0 Å². The summed E-state index contributed by atoms with van der Waals surface area (Å²) in [4.78, 5) is 3.88. The first-order valence-corrected chi connectivity index (χ1v) is 5.85. The summed E-state index contributed by atoms with van der Waals surface area (Å²) in [5, 5.41) is 7.69. The third-order valence-electron chi connectivity index (χ3n) is 1.21. The summed E-state index contributed by atoms with van der Waals surface area (Å²) in [5.74, 6) is 5.30. The fourth-order valence-electron chi connectivity index (χ4n) is 0.691. The molecule has 0 saturated heterocycles. The Labute approximate surface area is 84.0 Å². The molecule has 6 N–H and O–H groups in total. The highest BCUT2D eigenvalue weighted by Crippen LogP contribution is 1.81. The highest BCUT2D eigenvalue weighted by atomic mass is 32.2. The van der Waals surface area contributed by atoms with Gasteiger partial charge in [0.1, 0.15) is 0 Å². The van der Waals surface area contributed by atoms with E-state index in [1.54, 1.807) is 0 Å². The summed E-state index contributed by atoms with van der Waals surface area (Å²) in [5.41, 5.74) is 2.32. The van der Waals surface area contributed by atoms with Crippen LogP contribution in [0.3, 0.4) is 0 Å². The predicted molar refractivity (Wildman–Crippen MR) is 55.9 cm³/mol. The summed E-state index contributed by atoms with van der Waals surface area (Å²) >= 11 is 0. The Balaban J connectivity index is 4.06. The van der Waals surface area contributed by atoms with Crippen LogP contribution in [0, 0.1) is 0 Å². The van der Waals surface area contributed by atoms with Crippen molar-refractivity contribution in [1.82, 2.24) is 10.7 Å². The number of hydrogen-bond acceptors (Lipinski definition) is 4. The monoisotopic (exact) mass is 223 g/mol. The zero-order chi connectivity index (χ0) is 11.2. The van der Waals surface area contributed by atoms with Crippen LogP contribution >= 0.6 is 0 Å². The van der Waals surface area contributed by atoms with Crippen LogP contribution in [0.15, 0.2) is 4.99 Å². The number of primary sulfonamides is 1. The summed E-state index contributed by atoms with van der Waals surface area (Å²) < 4.78 is 21.1. The zero-order valence-corrected chi connectivity index (χ0v) is 9.13. The van der Waals surface area contributed by atoms with Crippen LogP contribution in [0.5, 0.6) is 0 Å². The van der Waals surface area contributed by atoms with Crippen molar-refractivity contribution < 1.29 is 8.42 Å². The van der Waals surface area contributed by atoms with Crippen molar-refractivity contribution in [3.63, 3.8) is 0 Å². The largest absolute Gasteiger partial charge is 0.353 e. The number of sulfonamides is 1. The van der Waals surface area contributed by atoms with Gasteiger partial charge >= 0.3 is 0 Å². The van der Waals surface area contributed by atoms with Crippen LogP contribution < -0.4 is 21.7 Å². The van der Waals surface area contributed by atoms with Gasteiger partial charge in [0.2, 0.25) is 16.0 Å². The van der Waals surface area contributed by atoms with Crippen LogP contribution in [0.1, 0.15) is 13.8 Å². The number of aliphatic imine (C=N–C) groups is 1. The second-order valence-electron chi connectivity index (χ2n) is 3.04. The number of guanidine groups is 1. The average molecular weight is 223 g/mol. The van der Waals surface area contributed by atoms with Crippen molar-refractivity contribution in [3.05, 3.63) is 0 Å². The van der Waals surface area contributed by atoms with Gasteiger partial charge in [0.15, 0.2) is 0 Å². The molecule has 0 aliphatic carbocycles. The molecule has 84 valence electrons. The molecule has 0 aliphatic heterocycles. The summed E-state index contributed by atoms with van der Waals surface area (Å²) in [7, 11) is -3.46. The van der Waals surface area contributed by atoms with E-state index in [1.807, 2.05) is 13.8 Å². The second-order valence-corrected chi connectivity index (χ2v) is 4.77. The van der Waals surface area contributed by atoms with Crippen molar-refractivity contribution in [3.8, 4) is 0 Å². The molecule has 8 heteroatoms. The summed E-state index contributed by atoms with van der Waals surface area (Å²) in [6.45, 7) is 3.90. The maximum Gasteiger partial charge on any atom is 0.210 e. The average Bonchev–Trinajstić information content (AvgIpc) is 1.99. The van der Waals surface area contributed by atoms with Crippen molar-refractivity contribution in [2.24, 2.45) is 16.0 Å². The lowest BCUT2D eigenvalue weighted by Crippen LogP contribution is -2.44. The quantitative estimate of drug-likeness (QED) is 0.192. The predicted octanol–water partition coefficient (Wildman–Crippen LogP) is -1.91. The van der Waals surface area contributed by atoms with Gasteiger partial charge in [-0.25, -0.2) is 19.4 Å². The smallest absolute Gasteiger partial charge is 0.210 e. The zero-order valence-electron chi connectivity index (χ0n) is 8.32. The molecular formula is C6H17N5O2S. The van der Waals surface area contributed by atoms with Crippen molar-refractivity contribution in [1.29, 1.82) is 0 Å². The number of nitrogens with zero attached hydrogens (tertiary/aromatic N) is 1. The number of nitrogens with one attached hydrogen (secondary N) is 2. The fraction of sp³-hybridized carbons (Fsp3) is 0.833. The van der Waals surface area contributed by atoms with Gasteiger partial charge in [-0.15, -0.1) is 0 Å². The molecule has 0 fully saturated rings. The number of hydrazine groups is 1. The molecule has 0 aromatic carbocycles. The minimum absolute atomic E-state index is 0.0814. The molecule has 14 heavy (non-hydrogen) atoms. The summed E-state index contributed by atoms with van der Waals surface area (Å²) in [6, 6.07) is 0.166. The fourth-order valence-corrected chi connectivity index (χ4v) is 1.04. The molecule has 0 saturated carbocycles. The Bertz CT molecular complexity index is 285. The van der Waals surface area contributed by atoms with Crippen molar-refractivity contribution in [2.75, 3.05) is 12.3 Å². The van der Waals surface area contributed by atoms with Crippen LogP contribution in [-0.4, -0.2) is 32.7 Å². The van der Waals surface area contributed by atoms with Gasteiger partial charge < -0.3 is 5.32 Å². The molecule has 0 unspecified atom stereocenters. The van der Waals surface area contributed by atoms with Crippen LogP contribution in [0.4, 0.5) is 0 Å². The van der Waals surface area contributed by atoms with Crippen LogP contribution in [-0.2, 0) is 10.0 Å². The molecule has 0 rings (SSSR count). The van der Waals surface area contributed by atoms with Gasteiger partial charge in [-0.05, 0) is 13.8 Å². The molecule has 0 radical (unpaired) electrons. The SMILES string of the molecule is CC(C)NC(=NCCS(N)(=O)=O)NN. The highest BCUT2D eigenvalue weighted by Gasteiger charge is 2.02. The Morgan fingerprint density at radius 3 is 2.43 bits per heavy atom. The number of hydrogen-bond donors (Lipinski definition) is 4. The first kappa shape index (κ1) is 13.1. The summed E-state index contributed by atoms with van der Waals surface area (Å²) in [6.07, 6.45) is 0. The van der Waals surface area contributed by atoms with E-state index in [9.17, 15) is 8.42 Å². The third-order valence-corrected chi connectivity index (χ3v) is 1.96. The van der Waals surface area contributed by atoms with Gasteiger partial charge in [-0.3, -0.25) is 10.4 Å². The van der Waals surface area contributed by atoms with Gasteiger partial charge in [0, 0.05) is 6.04 Å².